The Kier molecular flexibility index (Phi) is 4.44. The minimum absolute atomic E-state index is 0.549. The highest BCUT2D eigenvalue weighted by Gasteiger charge is 2.21. The molecule has 0 fully saturated rings. The predicted molar refractivity (Wildman–Crippen MR) is 76.1 cm³/mol. The van der Waals surface area contributed by atoms with Crippen LogP contribution in [0.5, 0.6) is 0 Å². The molecule has 0 aromatic carbocycles. The summed E-state index contributed by atoms with van der Waals surface area (Å²) >= 11 is 0. The number of aromatic nitrogens is 2. The molecule has 0 bridgehead atoms. The molecule has 1 aromatic heterocycles. The van der Waals surface area contributed by atoms with Gasteiger partial charge in [0.15, 0.2) is 0 Å². The van der Waals surface area contributed by atoms with E-state index in [0.29, 0.717) is 12.1 Å². The molecular formula is C15H27N3. The number of imidazole rings is 1. The van der Waals surface area contributed by atoms with E-state index in [0.717, 1.165) is 6.54 Å². The van der Waals surface area contributed by atoms with Gasteiger partial charge in [0, 0.05) is 17.8 Å². The second kappa shape index (κ2) is 5.87. The molecule has 1 aliphatic rings. The number of rotatable bonds is 5. The molecule has 0 saturated heterocycles. The molecule has 0 saturated carbocycles. The Labute approximate surface area is 111 Å². The first-order chi connectivity index (χ1) is 8.63. The molecule has 2 atom stereocenters. The van der Waals surface area contributed by atoms with Crippen LogP contribution in [-0.2, 0) is 12.8 Å². The number of aryl methyl sites for hydroxylation is 2. The fourth-order valence-corrected chi connectivity index (χ4v) is 3.33. The van der Waals surface area contributed by atoms with Crippen LogP contribution in [-0.4, -0.2) is 22.1 Å². The fraction of sp³-hybridized carbons (Fsp3) is 0.800. The van der Waals surface area contributed by atoms with Crippen LogP contribution in [0, 0.1) is 6.92 Å². The van der Waals surface area contributed by atoms with Crippen molar-refractivity contribution < 1.29 is 0 Å². The topological polar surface area (TPSA) is 29.9 Å². The third-order valence-electron chi connectivity index (χ3n) is 4.03. The Morgan fingerprint density at radius 2 is 2.00 bits per heavy atom. The predicted octanol–water partition coefficient (Wildman–Crippen LogP) is 3.02. The van der Waals surface area contributed by atoms with Crippen molar-refractivity contribution in [2.45, 2.75) is 71.9 Å². The van der Waals surface area contributed by atoms with E-state index >= 15 is 0 Å². The van der Waals surface area contributed by atoms with Gasteiger partial charge in [-0.2, -0.15) is 0 Å². The number of fused-ring (bicyclic) bond motifs is 1. The van der Waals surface area contributed by atoms with Gasteiger partial charge in [-0.05, 0) is 59.4 Å². The van der Waals surface area contributed by atoms with Crippen molar-refractivity contribution in [1.82, 2.24) is 14.9 Å². The van der Waals surface area contributed by atoms with Gasteiger partial charge in [0.2, 0.25) is 0 Å². The summed E-state index contributed by atoms with van der Waals surface area (Å²) in [6.45, 7) is 9.99. The molecule has 2 rings (SSSR count). The molecule has 0 aliphatic heterocycles. The maximum Gasteiger partial charge on any atom is 0.106 e. The first kappa shape index (κ1) is 13.6. The normalized spacial score (nSPS) is 18.4. The molecule has 3 heteroatoms. The number of hydrogen-bond donors (Lipinski definition) is 1. The average Bonchev–Trinajstić information content (AvgIpc) is 2.64. The highest BCUT2D eigenvalue weighted by atomic mass is 15.1. The van der Waals surface area contributed by atoms with Gasteiger partial charge in [-0.15, -0.1) is 0 Å². The number of nitrogens with zero attached hydrogens (tertiary/aromatic N) is 2. The molecule has 2 unspecified atom stereocenters. The second-order valence-electron chi connectivity index (χ2n) is 5.67. The molecule has 1 heterocycles. The Bertz CT molecular complexity index is 395. The maximum atomic E-state index is 4.77. The molecule has 102 valence electrons. The smallest absolute Gasteiger partial charge is 0.106 e. The molecular weight excluding hydrogens is 222 g/mol. The van der Waals surface area contributed by atoms with Crippen LogP contribution in [0.25, 0.3) is 0 Å². The van der Waals surface area contributed by atoms with E-state index in [2.05, 4.69) is 37.6 Å². The minimum Gasteiger partial charge on any atom is -0.329 e. The van der Waals surface area contributed by atoms with Crippen molar-refractivity contribution in [2.75, 3.05) is 6.54 Å². The summed E-state index contributed by atoms with van der Waals surface area (Å²) in [5.74, 6) is 1.21. The number of nitrogens with one attached hydrogen (secondary N) is 1. The summed E-state index contributed by atoms with van der Waals surface area (Å²) in [6.07, 6.45) is 6.21. The quantitative estimate of drug-likeness (QED) is 0.869. The summed E-state index contributed by atoms with van der Waals surface area (Å²) in [5, 5.41) is 3.50. The molecule has 0 spiro atoms. The SMILES string of the molecule is CCNC(C)CC(C)n1c(C)nc2c1CCCC2. The van der Waals surface area contributed by atoms with E-state index in [1.54, 1.807) is 0 Å². The third-order valence-corrected chi connectivity index (χ3v) is 4.03. The lowest BCUT2D eigenvalue weighted by atomic mass is 10.00. The highest BCUT2D eigenvalue weighted by Crippen LogP contribution is 2.27. The summed E-state index contributed by atoms with van der Waals surface area (Å²) in [7, 11) is 0. The lowest BCUT2D eigenvalue weighted by molar-refractivity contribution is 0.403. The first-order valence-electron chi connectivity index (χ1n) is 7.43. The maximum absolute atomic E-state index is 4.77. The van der Waals surface area contributed by atoms with Crippen LogP contribution in [0.15, 0.2) is 0 Å². The van der Waals surface area contributed by atoms with E-state index in [-0.39, 0.29) is 0 Å². The minimum atomic E-state index is 0.549. The van der Waals surface area contributed by atoms with Gasteiger partial charge in [-0.3, -0.25) is 0 Å². The molecule has 1 N–H and O–H groups in total. The monoisotopic (exact) mass is 249 g/mol. The molecule has 0 amide bonds. The van der Waals surface area contributed by atoms with Crippen LogP contribution in [0.3, 0.4) is 0 Å². The van der Waals surface area contributed by atoms with Crippen molar-refractivity contribution in [1.29, 1.82) is 0 Å². The van der Waals surface area contributed by atoms with E-state index in [1.165, 1.54) is 49.3 Å². The summed E-state index contributed by atoms with van der Waals surface area (Å²) in [5.41, 5.74) is 2.87. The summed E-state index contributed by atoms with van der Waals surface area (Å²) in [4.78, 5) is 4.77. The fourth-order valence-electron chi connectivity index (χ4n) is 3.33. The third kappa shape index (κ3) is 2.77. The largest absolute Gasteiger partial charge is 0.329 e. The first-order valence-corrected chi connectivity index (χ1v) is 7.43. The Morgan fingerprint density at radius 1 is 1.28 bits per heavy atom. The van der Waals surface area contributed by atoms with Gasteiger partial charge in [0.05, 0.1) is 5.69 Å². The van der Waals surface area contributed by atoms with Crippen LogP contribution in [0.1, 0.15) is 63.3 Å². The van der Waals surface area contributed by atoms with Crippen LogP contribution in [0.2, 0.25) is 0 Å². The molecule has 18 heavy (non-hydrogen) atoms. The Hall–Kier alpha value is -0.830. The zero-order chi connectivity index (χ0) is 13.1. The van der Waals surface area contributed by atoms with Gasteiger partial charge in [-0.1, -0.05) is 6.92 Å². The Morgan fingerprint density at radius 3 is 2.72 bits per heavy atom. The lowest BCUT2D eigenvalue weighted by Crippen LogP contribution is -2.29. The van der Waals surface area contributed by atoms with Crippen LogP contribution < -0.4 is 5.32 Å². The van der Waals surface area contributed by atoms with E-state index in [9.17, 15) is 0 Å². The van der Waals surface area contributed by atoms with Gasteiger partial charge in [0.1, 0.15) is 5.82 Å². The van der Waals surface area contributed by atoms with E-state index in [4.69, 9.17) is 4.98 Å². The van der Waals surface area contributed by atoms with Gasteiger partial charge >= 0.3 is 0 Å². The molecule has 3 nitrogen and oxygen atoms in total. The van der Waals surface area contributed by atoms with Crippen molar-refractivity contribution in [3.63, 3.8) is 0 Å². The zero-order valence-electron chi connectivity index (χ0n) is 12.3. The van der Waals surface area contributed by atoms with Gasteiger partial charge in [-0.25, -0.2) is 4.98 Å². The van der Waals surface area contributed by atoms with Crippen molar-refractivity contribution in [2.24, 2.45) is 0 Å². The molecule has 0 radical (unpaired) electrons. The second-order valence-corrected chi connectivity index (χ2v) is 5.67. The standard InChI is InChI=1S/C15H27N3/c1-5-16-11(2)10-12(3)18-13(4)17-14-8-6-7-9-15(14)18/h11-12,16H,5-10H2,1-4H3. The average molecular weight is 249 g/mol. The highest BCUT2D eigenvalue weighted by molar-refractivity contribution is 5.20. The molecule has 1 aliphatic carbocycles. The van der Waals surface area contributed by atoms with Crippen LogP contribution >= 0.6 is 0 Å². The van der Waals surface area contributed by atoms with Crippen molar-refractivity contribution >= 4 is 0 Å². The van der Waals surface area contributed by atoms with Gasteiger partial charge < -0.3 is 9.88 Å². The van der Waals surface area contributed by atoms with E-state index in [1.807, 2.05) is 0 Å². The lowest BCUT2D eigenvalue weighted by Gasteiger charge is -2.24. The number of hydrogen-bond acceptors (Lipinski definition) is 2. The van der Waals surface area contributed by atoms with Crippen molar-refractivity contribution in [3.05, 3.63) is 17.2 Å². The summed E-state index contributed by atoms with van der Waals surface area (Å²) in [6, 6.07) is 1.12. The molecule has 1 aromatic rings. The summed E-state index contributed by atoms with van der Waals surface area (Å²) < 4.78 is 2.49. The Balaban J connectivity index is 2.14. The van der Waals surface area contributed by atoms with Crippen molar-refractivity contribution in [3.8, 4) is 0 Å². The van der Waals surface area contributed by atoms with Crippen LogP contribution in [0.4, 0.5) is 0 Å². The van der Waals surface area contributed by atoms with E-state index < -0.39 is 0 Å². The van der Waals surface area contributed by atoms with Gasteiger partial charge in [0.25, 0.3) is 0 Å². The zero-order valence-corrected chi connectivity index (χ0v) is 12.3.